The van der Waals surface area contributed by atoms with Gasteiger partial charge >= 0.3 is 0 Å². The van der Waals surface area contributed by atoms with Crippen molar-refractivity contribution in [3.63, 3.8) is 0 Å². The second-order valence-corrected chi connectivity index (χ2v) is 7.47. The third-order valence-corrected chi connectivity index (χ3v) is 5.24. The molecule has 0 saturated carbocycles. The van der Waals surface area contributed by atoms with Gasteiger partial charge in [-0.05, 0) is 44.0 Å². The summed E-state index contributed by atoms with van der Waals surface area (Å²) in [5.41, 5.74) is 2.45. The Balaban J connectivity index is 1.79. The number of rotatable bonds is 5. The molecule has 3 rings (SSSR count). The maximum absolute atomic E-state index is 9.87. The van der Waals surface area contributed by atoms with Gasteiger partial charge in [-0.2, -0.15) is 10.2 Å². The Morgan fingerprint density at radius 3 is 3.00 bits per heavy atom. The largest absolute Gasteiger partial charge is 0.389 e. The number of nitrogens with zero attached hydrogens (tertiary/aromatic N) is 3. The van der Waals surface area contributed by atoms with E-state index in [0.29, 0.717) is 31.4 Å². The minimum atomic E-state index is -0.591. The maximum atomic E-state index is 9.87. The Hall–Kier alpha value is -2.21. The van der Waals surface area contributed by atoms with Gasteiger partial charge in [-0.15, -0.1) is 0 Å². The first-order valence-electron chi connectivity index (χ1n) is 8.80. The summed E-state index contributed by atoms with van der Waals surface area (Å²) in [5, 5.41) is 25.7. The zero-order chi connectivity index (χ0) is 19.4. The van der Waals surface area contributed by atoms with E-state index in [2.05, 4.69) is 42.6 Å². The minimum absolute atomic E-state index is 0.0975. The van der Waals surface area contributed by atoms with Crippen LogP contribution in [-0.4, -0.2) is 34.3 Å². The number of ether oxygens (including phenoxy) is 1. The molecule has 2 heterocycles. The molecule has 1 saturated heterocycles. The fourth-order valence-corrected chi connectivity index (χ4v) is 3.51. The van der Waals surface area contributed by atoms with E-state index in [1.807, 2.05) is 25.1 Å². The molecule has 0 aliphatic carbocycles. The lowest BCUT2D eigenvalue weighted by molar-refractivity contribution is 0.0698. The molecule has 3 unspecified atom stereocenters. The predicted octanol–water partition coefficient (Wildman–Crippen LogP) is 3.69. The van der Waals surface area contributed by atoms with Crippen molar-refractivity contribution >= 4 is 33.4 Å². The standard InChI is InChI=1S/C19H22BrN5O2/c1-11-9-22-19(23-14-3-4-16(20)15(7-14)12(2)26)25-18(11)24-17-10-27-6-5-13(17)8-21/h3-4,7,9,12-13,17,26H,5-6,10H2,1-2H3,(H2,22,23,24,25). The Bertz CT molecular complexity index is 852. The van der Waals surface area contributed by atoms with Crippen LogP contribution in [0.2, 0.25) is 0 Å². The van der Waals surface area contributed by atoms with Gasteiger partial charge in [-0.3, -0.25) is 0 Å². The molecule has 142 valence electrons. The first-order chi connectivity index (χ1) is 13.0. The molecule has 1 aliphatic rings. The molecule has 1 aromatic heterocycles. The van der Waals surface area contributed by atoms with Crippen molar-refractivity contribution in [2.45, 2.75) is 32.4 Å². The number of hydrogen-bond acceptors (Lipinski definition) is 7. The Morgan fingerprint density at radius 2 is 2.26 bits per heavy atom. The molecule has 0 radical (unpaired) electrons. The number of anilines is 3. The number of nitrogens with one attached hydrogen (secondary N) is 2. The quantitative estimate of drug-likeness (QED) is 0.662. The van der Waals surface area contributed by atoms with E-state index >= 15 is 0 Å². The molecule has 3 atom stereocenters. The Labute approximate surface area is 166 Å². The van der Waals surface area contributed by atoms with Crippen molar-refractivity contribution in [3.8, 4) is 6.07 Å². The van der Waals surface area contributed by atoms with Crippen LogP contribution in [0.5, 0.6) is 0 Å². The second-order valence-electron chi connectivity index (χ2n) is 6.61. The SMILES string of the molecule is Cc1cnc(Nc2ccc(Br)c(C(C)O)c2)nc1NC1COCCC1C#N. The van der Waals surface area contributed by atoms with Gasteiger partial charge in [0.25, 0.3) is 0 Å². The van der Waals surface area contributed by atoms with Crippen LogP contribution in [0.1, 0.15) is 30.6 Å². The summed E-state index contributed by atoms with van der Waals surface area (Å²) in [6.07, 6.45) is 1.85. The van der Waals surface area contributed by atoms with Crippen molar-refractivity contribution in [2.24, 2.45) is 5.92 Å². The lowest BCUT2D eigenvalue weighted by atomic mass is 9.96. The van der Waals surface area contributed by atoms with Gasteiger partial charge in [0, 0.05) is 28.5 Å². The van der Waals surface area contributed by atoms with E-state index in [-0.39, 0.29) is 12.0 Å². The van der Waals surface area contributed by atoms with Crippen LogP contribution < -0.4 is 10.6 Å². The van der Waals surface area contributed by atoms with Crippen LogP contribution in [0.15, 0.2) is 28.9 Å². The van der Waals surface area contributed by atoms with E-state index < -0.39 is 6.10 Å². The first kappa shape index (κ1) is 19.5. The van der Waals surface area contributed by atoms with Crippen molar-refractivity contribution in [2.75, 3.05) is 23.8 Å². The number of halogens is 1. The van der Waals surface area contributed by atoms with Gasteiger partial charge in [-0.25, -0.2) is 4.98 Å². The fourth-order valence-electron chi connectivity index (χ4n) is 2.93. The lowest BCUT2D eigenvalue weighted by Crippen LogP contribution is -2.38. The monoisotopic (exact) mass is 431 g/mol. The molecule has 3 N–H and O–H groups in total. The van der Waals surface area contributed by atoms with Crippen LogP contribution in [0.3, 0.4) is 0 Å². The first-order valence-corrected chi connectivity index (χ1v) is 9.59. The molecule has 8 heteroatoms. The highest BCUT2D eigenvalue weighted by Crippen LogP contribution is 2.28. The van der Waals surface area contributed by atoms with Crippen molar-refractivity contribution in [1.29, 1.82) is 5.26 Å². The van der Waals surface area contributed by atoms with E-state index in [4.69, 9.17) is 4.74 Å². The van der Waals surface area contributed by atoms with Gasteiger partial charge in [0.1, 0.15) is 5.82 Å². The van der Waals surface area contributed by atoms with Crippen LogP contribution in [-0.2, 0) is 4.74 Å². The summed E-state index contributed by atoms with van der Waals surface area (Å²) < 4.78 is 6.34. The maximum Gasteiger partial charge on any atom is 0.229 e. The van der Waals surface area contributed by atoms with E-state index in [1.165, 1.54) is 0 Å². The molecule has 1 fully saturated rings. The summed E-state index contributed by atoms with van der Waals surface area (Å²) in [6.45, 7) is 4.73. The van der Waals surface area contributed by atoms with E-state index in [9.17, 15) is 10.4 Å². The van der Waals surface area contributed by atoms with Crippen molar-refractivity contribution in [3.05, 3.63) is 40.0 Å². The number of aromatic nitrogens is 2. The highest BCUT2D eigenvalue weighted by atomic mass is 79.9. The zero-order valence-electron chi connectivity index (χ0n) is 15.2. The number of hydrogen-bond donors (Lipinski definition) is 3. The number of nitriles is 1. The number of aliphatic hydroxyl groups is 1. The van der Waals surface area contributed by atoms with Gasteiger partial charge < -0.3 is 20.5 Å². The molecule has 0 amide bonds. The van der Waals surface area contributed by atoms with E-state index in [1.54, 1.807) is 13.1 Å². The third kappa shape index (κ3) is 4.75. The van der Waals surface area contributed by atoms with Crippen LogP contribution in [0, 0.1) is 24.2 Å². The normalized spacial score (nSPS) is 20.6. The molecule has 1 aliphatic heterocycles. The zero-order valence-corrected chi connectivity index (χ0v) is 16.8. The fraction of sp³-hybridized carbons (Fsp3) is 0.421. The second kappa shape index (κ2) is 8.65. The summed E-state index contributed by atoms with van der Waals surface area (Å²) in [7, 11) is 0. The average Bonchev–Trinajstić information content (AvgIpc) is 2.66. The highest BCUT2D eigenvalue weighted by Gasteiger charge is 2.26. The van der Waals surface area contributed by atoms with Crippen LogP contribution in [0.25, 0.3) is 0 Å². The molecule has 2 aromatic rings. The average molecular weight is 432 g/mol. The summed E-state index contributed by atoms with van der Waals surface area (Å²) in [6, 6.07) is 7.85. The van der Waals surface area contributed by atoms with E-state index in [0.717, 1.165) is 21.3 Å². The van der Waals surface area contributed by atoms with Gasteiger partial charge in [0.05, 0.1) is 30.7 Å². The molecular formula is C19H22BrN5O2. The lowest BCUT2D eigenvalue weighted by Gasteiger charge is -2.28. The third-order valence-electron chi connectivity index (χ3n) is 4.52. The molecule has 0 bridgehead atoms. The van der Waals surface area contributed by atoms with Crippen molar-refractivity contribution < 1.29 is 9.84 Å². The molecule has 0 spiro atoms. The topological polar surface area (TPSA) is 103 Å². The smallest absolute Gasteiger partial charge is 0.229 e. The van der Waals surface area contributed by atoms with Crippen LogP contribution in [0.4, 0.5) is 17.5 Å². The molecular weight excluding hydrogens is 410 g/mol. The van der Waals surface area contributed by atoms with Crippen LogP contribution >= 0.6 is 15.9 Å². The summed E-state index contributed by atoms with van der Waals surface area (Å²) >= 11 is 3.44. The Kier molecular flexibility index (Phi) is 6.26. The summed E-state index contributed by atoms with van der Waals surface area (Å²) in [5.74, 6) is 1.01. The predicted molar refractivity (Wildman–Crippen MR) is 107 cm³/mol. The minimum Gasteiger partial charge on any atom is -0.389 e. The molecule has 27 heavy (non-hydrogen) atoms. The number of aryl methyl sites for hydroxylation is 1. The van der Waals surface area contributed by atoms with Crippen molar-refractivity contribution in [1.82, 2.24) is 9.97 Å². The highest BCUT2D eigenvalue weighted by molar-refractivity contribution is 9.10. The summed E-state index contributed by atoms with van der Waals surface area (Å²) in [4.78, 5) is 8.89. The van der Waals surface area contributed by atoms with Gasteiger partial charge in [-0.1, -0.05) is 15.9 Å². The number of benzene rings is 1. The molecule has 1 aromatic carbocycles. The Morgan fingerprint density at radius 1 is 1.44 bits per heavy atom. The number of aliphatic hydroxyl groups excluding tert-OH is 1. The molecule has 7 nitrogen and oxygen atoms in total. The van der Waals surface area contributed by atoms with Gasteiger partial charge in [0.2, 0.25) is 5.95 Å². The van der Waals surface area contributed by atoms with Gasteiger partial charge in [0.15, 0.2) is 0 Å².